The fourth-order valence-electron chi connectivity index (χ4n) is 9.98. The van der Waals surface area contributed by atoms with Crippen LogP contribution >= 0.6 is 11.3 Å². The Hall–Kier alpha value is -7.66. The fraction of sp³-hybridized carbons (Fsp3) is 0.111. The number of pyridine rings is 1. The van der Waals surface area contributed by atoms with Crippen LogP contribution in [0.4, 0.5) is 0 Å². The first kappa shape index (κ1) is 40.8. The van der Waals surface area contributed by atoms with Crippen molar-refractivity contribution in [1.82, 2.24) is 10.3 Å². The lowest BCUT2D eigenvalue weighted by Crippen LogP contribution is -2.31. The van der Waals surface area contributed by atoms with Crippen LogP contribution in [0.2, 0.25) is 0 Å². The van der Waals surface area contributed by atoms with E-state index in [1.54, 1.807) is 0 Å². The summed E-state index contributed by atoms with van der Waals surface area (Å²) in [6.45, 7) is 4.64. The molecule has 12 rings (SSSR count). The van der Waals surface area contributed by atoms with E-state index < -0.39 is 0 Å². The van der Waals surface area contributed by atoms with Crippen molar-refractivity contribution in [3.8, 4) is 44.6 Å². The second-order valence-electron chi connectivity index (χ2n) is 18.5. The lowest BCUT2D eigenvalue weighted by molar-refractivity contribution is 0.518. The van der Waals surface area contributed by atoms with Gasteiger partial charge in [0.1, 0.15) is 5.84 Å². The number of nitrogens with one attached hydrogen (secondary N) is 1. The highest BCUT2D eigenvalue weighted by Gasteiger charge is 2.29. The molecule has 2 aliphatic carbocycles. The summed E-state index contributed by atoms with van der Waals surface area (Å²) < 4.78 is 2.49. The highest BCUT2D eigenvalue weighted by Crippen LogP contribution is 2.45. The minimum absolute atomic E-state index is 0.0277. The molecule has 0 fully saturated rings. The maximum atomic E-state index is 5.46. The predicted molar refractivity (Wildman–Crippen MR) is 284 cm³/mol. The molecule has 7 aromatic carbocycles. The van der Waals surface area contributed by atoms with Crippen molar-refractivity contribution in [2.75, 3.05) is 0 Å². The number of aliphatic imine (C=N–C) groups is 1. The molecule has 0 radical (unpaired) electrons. The highest BCUT2D eigenvalue weighted by molar-refractivity contribution is 7.26. The molecule has 3 heterocycles. The Balaban J connectivity index is 0.884. The van der Waals surface area contributed by atoms with Crippen LogP contribution in [0.1, 0.15) is 43.9 Å². The molecule has 0 saturated heterocycles. The molecule has 0 amide bonds. The SMILES string of the molecule is CC1C=CC(C2(C)C=CC(C3=CC(c4ccc(-c5ccccc5)cc4)NC(c4ccc(-c5cccc(-c6nc7cc(-c8ccccc8)ccc7c7c6sc6ccccc67)c5)cc4)=N3)=CC2)=CC1. The van der Waals surface area contributed by atoms with Crippen LogP contribution in [0.3, 0.4) is 0 Å². The molecule has 3 aliphatic rings. The second kappa shape index (κ2) is 17.0. The molecule has 0 spiro atoms. The van der Waals surface area contributed by atoms with E-state index in [9.17, 15) is 0 Å². The van der Waals surface area contributed by atoms with E-state index in [2.05, 4.69) is 238 Å². The molecule has 2 aromatic heterocycles. The van der Waals surface area contributed by atoms with Gasteiger partial charge in [-0.1, -0.05) is 208 Å². The summed E-state index contributed by atoms with van der Waals surface area (Å²) in [5.41, 5.74) is 16.0. The zero-order valence-electron chi connectivity index (χ0n) is 37.7. The van der Waals surface area contributed by atoms with Gasteiger partial charge in [0.2, 0.25) is 0 Å². The van der Waals surface area contributed by atoms with E-state index >= 15 is 0 Å². The average Bonchev–Trinajstić information content (AvgIpc) is 3.79. The summed E-state index contributed by atoms with van der Waals surface area (Å²) >= 11 is 1.83. The Morgan fingerprint density at radius 3 is 1.99 bits per heavy atom. The molecular weight excluding hydrogens is 831 g/mol. The van der Waals surface area contributed by atoms with Gasteiger partial charge in [-0.3, -0.25) is 0 Å². The molecule has 3 unspecified atom stereocenters. The standard InChI is InChI=1S/C63H49N3S/c1-41-20-31-52(32-21-41)63(2)36-34-47(35-37-63)56-40-55(46-26-22-44(23-27-46)42-12-5-3-6-13-42)65-62(66-56)48-28-24-45(25-29-48)49-16-11-17-51(38-49)60-61-59(54-18-9-10-19-58(54)67-61)53-33-30-50(39-57(53)64-60)43-14-7-4-8-15-43/h3-20,22-36,38-41,55H,21,37H2,1-2H3,(H,65,66). The first-order valence-electron chi connectivity index (χ1n) is 23.5. The molecule has 1 aliphatic heterocycles. The van der Waals surface area contributed by atoms with Crippen LogP contribution in [0, 0.1) is 11.3 Å². The van der Waals surface area contributed by atoms with Crippen molar-refractivity contribution in [1.29, 1.82) is 0 Å². The van der Waals surface area contributed by atoms with E-state index in [4.69, 9.17) is 9.98 Å². The Morgan fingerprint density at radius 2 is 1.24 bits per heavy atom. The van der Waals surface area contributed by atoms with E-state index in [0.29, 0.717) is 5.92 Å². The van der Waals surface area contributed by atoms with Crippen molar-refractivity contribution in [3.05, 3.63) is 246 Å². The van der Waals surface area contributed by atoms with Crippen LogP contribution in [-0.2, 0) is 0 Å². The lowest BCUT2D eigenvalue weighted by atomic mass is 9.73. The fourth-order valence-corrected chi connectivity index (χ4v) is 11.2. The van der Waals surface area contributed by atoms with Crippen molar-refractivity contribution in [3.63, 3.8) is 0 Å². The van der Waals surface area contributed by atoms with Crippen molar-refractivity contribution >= 4 is 48.2 Å². The molecule has 67 heavy (non-hydrogen) atoms. The topological polar surface area (TPSA) is 37.3 Å². The zero-order chi connectivity index (χ0) is 44.9. The minimum atomic E-state index is -0.0549. The zero-order valence-corrected chi connectivity index (χ0v) is 38.5. The molecule has 322 valence electrons. The molecule has 0 saturated carbocycles. The summed E-state index contributed by atoms with van der Waals surface area (Å²) in [4.78, 5) is 10.8. The van der Waals surface area contributed by atoms with Crippen molar-refractivity contribution in [2.45, 2.75) is 32.7 Å². The number of rotatable bonds is 8. The molecule has 4 heteroatoms. The van der Waals surface area contributed by atoms with Gasteiger partial charge >= 0.3 is 0 Å². The van der Waals surface area contributed by atoms with E-state index in [-0.39, 0.29) is 11.5 Å². The molecule has 3 nitrogen and oxygen atoms in total. The van der Waals surface area contributed by atoms with Crippen LogP contribution < -0.4 is 5.32 Å². The number of hydrogen-bond acceptors (Lipinski definition) is 4. The Kier molecular flexibility index (Phi) is 10.3. The normalized spacial score (nSPS) is 19.2. The third-order valence-corrected chi connectivity index (χ3v) is 15.1. The number of fused-ring (bicyclic) bond motifs is 5. The van der Waals surface area contributed by atoms with Gasteiger partial charge in [0.25, 0.3) is 0 Å². The summed E-state index contributed by atoms with van der Waals surface area (Å²) in [6.07, 6.45) is 18.5. The van der Waals surface area contributed by atoms with E-state index in [0.717, 1.165) is 63.4 Å². The number of benzene rings is 7. The minimum Gasteiger partial charge on any atom is -0.359 e. The molecule has 1 N–H and O–H groups in total. The third kappa shape index (κ3) is 7.77. The van der Waals surface area contributed by atoms with Crippen LogP contribution in [0.15, 0.2) is 240 Å². The number of amidine groups is 1. The van der Waals surface area contributed by atoms with Gasteiger partial charge in [-0.25, -0.2) is 9.98 Å². The summed E-state index contributed by atoms with van der Waals surface area (Å²) in [5.74, 6) is 1.46. The largest absolute Gasteiger partial charge is 0.359 e. The van der Waals surface area contributed by atoms with Crippen LogP contribution in [-0.4, -0.2) is 10.8 Å². The number of hydrogen-bond donors (Lipinski definition) is 1. The summed E-state index contributed by atoms with van der Waals surface area (Å²) in [7, 11) is 0. The van der Waals surface area contributed by atoms with Crippen LogP contribution in [0.25, 0.3) is 75.7 Å². The van der Waals surface area contributed by atoms with Gasteiger partial charge < -0.3 is 5.32 Å². The predicted octanol–water partition coefficient (Wildman–Crippen LogP) is 16.7. The van der Waals surface area contributed by atoms with Gasteiger partial charge in [-0.05, 0) is 93.1 Å². The molecular formula is C63H49N3S. The summed E-state index contributed by atoms with van der Waals surface area (Å²) in [5, 5.41) is 7.57. The maximum Gasteiger partial charge on any atom is 0.134 e. The highest BCUT2D eigenvalue weighted by atomic mass is 32.1. The van der Waals surface area contributed by atoms with Gasteiger partial charge in [-0.2, -0.15) is 0 Å². The van der Waals surface area contributed by atoms with Crippen molar-refractivity contribution < 1.29 is 0 Å². The Morgan fingerprint density at radius 1 is 0.597 bits per heavy atom. The number of nitrogens with zero attached hydrogens (tertiary/aromatic N) is 2. The number of aromatic nitrogens is 1. The monoisotopic (exact) mass is 879 g/mol. The first-order valence-corrected chi connectivity index (χ1v) is 24.3. The van der Waals surface area contributed by atoms with Gasteiger partial charge in [-0.15, -0.1) is 11.3 Å². The van der Waals surface area contributed by atoms with Gasteiger partial charge in [0.15, 0.2) is 0 Å². The van der Waals surface area contributed by atoms with E-state index in [1.807, 2.05) is 11.3 Å². The average molecular weight is 880 g/mol. The molecule has 3 atom stereocenters. The number of thiophene rings is 1. The number of allylic oxidation sites excluding steroid dienone is 7. The maximum absolute atomic E-state index is 5.46. The lowest BCUT2D eigenvalue weighted by Gasteiger charge is -2.32. The smallest absolute Gasteiger partial charge is 0.134 e. The van der Waals surface area contributed by atoms with E-state index in [1.165, 1.54) is 58.9 Å². The second-order valence-corrected chi connectivity index (χ2v) is 19.5. The third-order valence-electron chi connectivity index (χ3n) is 13.9. The molecule has 0 bridgehead atoms. The Bertz CT molecular complexity index is 3550. The van der Waals surface area contributed by atoms with Crippen LogP contribution in [0.5, 0.6) is 0 Å². The Labute approximate surface area is 396 Å². The quantitative estimate of drug-likeness (QED) is 0.165. The summed E-state index contributed by atoms with van der Waals surface area (Å²) in [6, 6.07) is 63.3. The van der Waals surface area contributed by atoms with Gasteiger partial charge in [0, 0.05) is 37.4 Å². The van der Waals surface area contributed by atoms with Gasteiger partial charge in [0.05, 0.1) is 27.6 Å². The first-order chi connectivity index (χ1) is 32.9. The molecule has 9 aromatic rings. The van der Waals surface area contributed by atoms with Crippen molar-refractivity contribution in [2.24, 2.45) is 16.3 Å².